The van der Waals surface area contributed by atoms with Gasteiger partial charge in [0, 0.05) is 29.3 Å². The number of benzene rings is 2. The van der Waals surface area contributed by atoms with Crippen LogP contribution in [0.15, 0.2) is 53.6 Å². The van der Waals surface area contributed by atoms with Gasteiger partial charge in [-0.15, -0.1) is 0 Å². The lowest BCUT2D eigenvalue weighted by atomic mass is 10.0. The van der Waals surface area contributed by atoms with Crippen molar-refractivity contribution in [2.24, 2.45) is 5.10 Å². The van der Waals surface area contributed by atoms with E-state index < -0.39 is 10.8 Å². The molecule has 1 amide bonds. The van der Waals surface area contributed by atoms with Crippen LogP contribution in [-0.2, 0) is 0 Å². The third-order valence-electron chi connectivity index (χ3n) is 3.46. The number of carbonyl (C=O) groups excluding carboxylic acids is 1. The van der Waals surface area contributed by atoms with Gasteiger partial charge in [0.25, 0.3) is 11.6 Å². The predicted molar refractivity (Wildman–Crippen MR) is 88.6 cm³/mol. The van der Waals surface area contributed by atoms with Gasteiger partial charge in [0.1, 0.15) is 0 Å². The molecule has 0 spiro atoms. The highest BCUT2D eigenvalue weighted by Gasteiger charge is 2.14. The van der Waals surface area contributed by atoms with Gasteiger partial charge >= 0.3 is 0 Å². The lowest BCUT2D eigenvalue weighted by Gasteiger charge is -2.06. The van der Waals surface area contributed by atoms with Gasteiger partial charge < -0.3 is 0 Å². The van der Waals surface area contributed by atoms with E-state index in [1.54, 1.807) is 19.2 Å². The zero-order valence-electron chi connectivity index (χ0n) is 12.9. The monoisotopic (exact) mass is 311 g/mol. The molecule has 0 aromatic heterocycles. The second kappa shape index (κ2) is 7.31. The average molecular weight is 311 g/mol. The van der Waals surface area contributed by atoms with Gasteiger partial charge in [-0.1, -0.05) is 43.3 Å². The number of rotatable bonds is 5. The molecule has 2 aromatic rings. The molecule has 0 aliphatic heterocycles. The summed E-state index contributed by atoms with van der Waals surface area (Å²) in [4.78, 5) is 22.4. The van der Waals surface area contributed by atoms with Gasteiger partial charge in [0.05, 0.1) is 4.92 Å². The fraction of sp³-hybridized carbons (Fsp3) is 0.176. The molecular weight excluding hydrogens is 294 g/mol. The number of hydrogen-bond acceptors (Lipinski definition) is 4. The van der Waals surface area contributed by atoms with Crippen molar-refractivity contribution in [3.05, 3.63) is 75.3 Å². The Morgan fingerprint density at radius 3 is 2.61 bits per heavy atom. The number of amides is 1. The van der Waals surface area contributed by atoms with Gasteiger partial charge in [-0.3, -0.25) is 14.9 Å². The van der Waals surface area contributed by atoms with E-state index in [9.17, 15) is 14.9 Å². The minimum atomic E-state index is -0.507. The van der Waals surface area contributed by atoms with Crippen LogP contribution in [0.1, 0.15) is 34.3 Å². The fourth-order valence-corrected chi connectivity index (χ4v) is 2.06. The van der Waals surface area contributed by atoms with Crippen molar-refractivity contribution >= 4 is 17.8 Å². The molecule has 1 N–H and O–H groups in total. The molecule has 6 heteroatoms. The van der Waals surface area contributed by atoms with Crippen molar-refractivity contribution in [1.29, 1.82) is 0 Å². The normalized spacial score (nSPS) is 12.1. The minimum Gasteiger partial charge on any atom is -0.267 e. The largest absolute Gasteiger partial charge is 0.273 e. The maximum Gasteiger partial charge on any atom is 0.273 e. The van der Waals surface area contributed by atoms with Crippen LogP contribution < -0.4 is 5.43 Å². The van der Waals surface area contributed by atoms with E-state index in [-0.39, 0.29) is 17.2 Å². The summed E-state index contributed by atoms with van der Waals surface area (Å²) >= 11 is 0. The van der Waals surface area contributed by atoms with Crippen molar-refractivity contribution in [3.63, 3.8) is 0 Å². The SMILES string of the molecule is Cc1ccc(C(=O)N/N=C/C(C)c2ccccc2)cc1[N+](=O)[O-]. The summed E-state index contributed by atoms with van der Waals surface area (Å²) in [5, 5.41) is 14.8. The number of aryl methyl sites for hydroxylation is 1. The number of hydrazone groups is 1. The molecule has 6 nitrogen and oxygen atoms in total. The summed E-state index contributed by atoms with van der Waals surface area (Å²) in [6, 6.07) is 14.1. The average Bonchev–Trinajstić information content (AvgIpc) is 2.55. The quantitative estimate of drug-likeness (QED) is 0.521. The van der Waals surface area contributed by atoms with E-state index in [0.717, 1.165) is 5.56 Å². The molecule has 118 valence electrons. The Morgan fingerprint density at radius 1 is 1.26 bits per heavy atom. The van der Waals surface area contributed by atoms with E-state index in [0.29, 0.717) is 5.56 Å². The highest BCUT2D eigenvalue weighted by molar-refractivity contribution is 5.95. The lowest BCUT2D eigenvalue weighted by Crippen LogP contribution is -2.18. The van der Waals surface area contributed by atoms with E-state index in [1.165, 1.54) is 12.1 Å². The van der Waals surface area contributed by atoms with Crippen LogP contribution in [0.5, 0.6) is 0 Å². The van der Waals surface area contributed by atoms with Gasteiger partial charge in [-0.2, -0.15) is 5.10 Å². The Balaban J connectivity index is 2.04. The van der Waals surface area contributed by atoms with E-state index in [1.807, 2.05) is 37.3 Å². The molecule has 0 bridgehead atoms. The highest BCUT2D eigenvalue weighted by Crippen LogP contribution is 2.19. The maximum absolute atomic E-state index is 12.0. The number of hydrogen-bond donors (Lipinski definition) is 1. The van der Waals surface area contributed by atoms with Crippen molar-refractivity contribution in [2.45, 2.75) is 19.8 Å². The summed E-state index contributed by atoms with van der Waals surface area (Å²) in [6.07, 6.45) is 1.62. The van der Waals surface area contributed by atoms with Crippen molar-refractivity contribution < 1.29 is 9.72 Å². The van der Waals surface area contributed by atoms with Crippen molar-refractivity contribution in [1.82, 2.24) is 5.43 Å². The van der Waals surface area contributed by atoms with Crippen LogP contribution in [0, 0.1) is 17.0 Å². The predicted octanol–water partition coefficient (Wildman–Crippen LogP) is 3.42. The maximum atomic E-state index is 12.0. The summed E-state index contributed by atoms with van der Waals surface area (Å²) in [7, 11) is 0. The summed E-state index contributed by atoms with van der Waals surface area (Å²) in [6.45, 7) is 3.58. The van der Waals surface area contributed by atoms with E-state index in [4.69, 9.17) is 0 Å². The number of nitro benzene ring substituents is 1. The zero-order valence-corrected chi connectivity index (χ0v) is 12.9. The number of nitrogens with one attached hydrogen (secondary N) is 1. The molecule has 23 heavy (non-hydrogen) atoms. The Bertz CT molecular complexity index is 742. The standard InChI is InChI=1S/C17H17N3O3/c1-12-8-9-15(10-16(12)20(22)23)17(21)19-18-11-13(2)14-6-4-3-5-7-14/h3-11,13H,1-2H3,(H,19,21)/b18-11+. The smallest absolute Gasteiger partial charge is 0.267 e. The molecule has 2 rings (SSSR count). The minimum absolute atomic E-state index is 0.0452. The van der Waals surface area contributed by atoms with E-state index in [2.05, 4.69) is 10.5 Å². The highest BCUT2D eigenvalue weighted by atomic mass is 16.6. The summed E-state index contributed by atoms with van der Waals surface area (Å²) in [5.41, 5.74) is 4.10. The van der Waals surface area contributed by atoms with Crippen molar-refractivity contribution in [2.75, 3.05) is 0 Å². The van der Waals surface area contributed by atoms with Crippen molar-refractivity contribution in [3.8, 4) is 0 Å². The fourth-order valence-electron chi connectivity index (χ4n) is 2.06. The first-order valence-electron chi connectivity index (χ1n) is 7.12. The molecule has 1 unspecified atom stereocenters. The molecule has 0 saturated carbocycles. The van der Waals surface area contributed by atoms with Gasteiger partial charge in [0.15, 0.2) is 0 Å². The first kappa shape index (κ1) is 16.4. The second-order valence-electron chi connectivity index (χ2n) is 5.18. The molecule has 0 heterocycles. The van der Waals surface area contributed by atoms with Crippen LogP contribution in [0.2, 0.25) is 0 Å². The molecule has 0 radical (unpaired) electrons. The third-order valence-corrected chi connectivity index (χ3v) is 3.46. The van der Waals surface area contributed by atoms with Crippen LogP contribution in [0.3, 0.4) is 0 Å². The van der Waals surface area contributed by atoms with Crippen LogP contribution in [0.25, 0.3) is 0 Å². The molecule has 0 aliphatic rings. The third kappa shape index (κ3) is 4.23. The summed E-state index contributed by atoms with van der Waals surface area (Å²) < 4.78 is 0. The lowest BCUT2D eigenvalue weighted by molar-refractivity contribution is -0.385. The van der Waals surface area contributed by atoms with Gasteiger partial charge in [-0.05, 0) is 18.6 Å². The Labute approximate surface area is 134 Å². The number of carbonyl (C=O) groups is 1. The van der Waals surface area contributed by atoms with Gasteiger partial charge in [0.2, 0.25) is 0 Å². The Morgan fingerprint density at radius 2 is 1.96 bits per heavy atom. The van der Waals surface area contributed by atoms with E-state index >= 15 is 0 Å². The van der Waals surface area contributed by atoms with Crippen LogP contribution in [0.4, 0.5) is 5.69 Å². The molecule has 2 aromatic carbocycles. The zero-order chi connectivity index (χ0) is 16.8. The second-order valence-corrected chi connectivity index (χ2v) is 5.18. The molecular formula is C17H17N3O3. The summed E-state index contributed by atoms with van der Waals surface area (Å²) in [5.74, 6) is -0.437. The van der Waals surface area contributed by atoms with Crippen LogP contribution in [-0.4, -0.2) is 17.0 Å². The number of nitro groups is 1. The van der Waals surface area contributed by atoms with Crippen LogP contribution >= 0.6 is 0 Å². The topological polar surface area (TPSA) is 84.6 Å². The molecule has 0 fully saturated rings. The van der Waals surface area contributed by atoms with Gasteiger partial charge in [-0.25, -0.2) is 5.43 Å². The molecule has 0 aliphatic carbocycles. The molecule has 1 atom stereocenters. The Hall–Kier alpha value is -3.02. The Kier molecular flexibility index (Phi) is 5.19. The molecule has 0 saturated heterocycles. The number of nitrogens with zero attached hydrogens (tertiary/aromatic N) is 2. The first-order valence-corrected chi connectivity index (χ1v) is 7.12. The first-order chi connectivity index (χ1) is 11.0.